The van der Waals surface area contributed by atoms with Crippen LogP contribution in [0, 0.1) is 0 Å². The van der Waals surface area contributed by atoms with E-state index >= 15 is 0 Å². The number of likely N-dealkylation sites (tertiary alicyclic amines) is 1. The number of pyridine rings is 2. The molecule has 11 nitrogen and oxygen atoms in total. The number of nitrogens with zero attached hydrogens (tertiary/aromatic N) is 4. The Labute approximate surface area is 258 Å². The van der Waals surface area contributed by atoms with E-state index in [4.69, 9.17) is 35.5 Å². The summed E-state index contributed by atoms with van der Waals surface area (Å²) in [5.41, 5.74) is 2.50. The summed E-state index contributed by atoms with van der Waals surface area (Å²) in [5.74, 6) is 0.700. The van der Waals surface area contributed by atoms with Crippen LogP contribution in [-0.2, 0) is 20.8 Å². The van der Waals surface area contributed by atoms with Crippen LogP contribution in [0.25, 0.3) is 0 Å². The predicted octanol–water partition coefficient (Wildman–Crippen LogP) is 6.10. The molecule has 2 aromatic heterocycles. The minimum Gasteiger partial charge on any atom is -0.485 e. The molecule has 2 aliphatic heterocycles. The molecular weight excluding hydrogens is 574 g/mol. The summed E-state index contributed by atoms with van der Waals surface area (Å²) in [7, 11) is 0. The number of hydrogen-bond donors (Lipinski definition) is 1. The number of halogens is 1. The fourth-order valence-electron chi connectivity index (χ4n) is 5.05. The first-order valence-electron chi connectivity index (χ1n) is 14.9. The number of hydrogen-bond acceptors (Lipinski definition) is 9. The molecule has 4 heterocycles. The molecule has 1 saturated carbocycles. The Morgan fingerprint density at radius 2 is 1.72 bits per heavy atom. The lowest BCUT2D eigenvalue weighted by atomic mass is 9.95. The number of rotatable bonds is 7. The number of amides is 2. The van der Waals surface area contributed by atoms with Gasteiger partial charge in [-0.2, -0.15) is 0 Å². The van der Waals surface area contributed by atoms with E-state index in [9.17, 15) is 9.59 Å². The third-order valence-electron chi connectivity index (χ3n) is 7.26. The van der Waals surface area contributed by atoms with Crippen LogP contribution in [0.2, 0.25) is 5.15 Å². The van der Waals surface area contributed by atoms with Gasteiger partial charge in [-0.25, -0.2) is 14.6 Å². The molecule has 1 aliphatic carbocycles. The highest BCUT2D eigenvalue weighted by atomic mass is 35.5. The van der Waals surface area contributed by atoms with Gasteiger partial charge in [-0.15, -0.1) is 0 Å². The van der Waals surface area contributed by atoms with Crippen LogP contribution in [0.5, 0.6) is 5.75 Å². The van der Waals surface area contributed by atoms with Gasteiger partial charge in [-0.3, -0.25) is 10.3 Å². The van der Waals surface area contributed by atoms with E-state index in [1.807, 2.05) is 53.7 Å². The van der Waals surface area contributed by atoms with E-state index in [0.29, 0.717) is 42.9 Å². The third-order valence-corrected chi connectivity index (χ3v) is 7.59. The third kappa shape index (κ3) is 8.00. The summed E-state index contributed by atoms with van der Waals surface area (Å²) in [6, 6.07) is 3.77. The molecule has 0 atom stereocenters. The van der Waals surface area contributed by atoms with E-state index in [0.717, 1.165) is 48.6 Å². The van der Waals surface area contributed by atoms with Crippen molar-refractivity contribution in [3.05, 3.63) is 40.4 Å². The zero-order valence-electron chi connectivity index (χ0n) is 25.9. The fraction of sp³-hybridized carbons (Fsp3) is 0.613. The number of aromatic nitrogens is 2. The first-order chi connectivity index (χ1) is 20.3. The molecule has 0 aromatic carbocycles. The summed E-state index contributed by atoms with van der Waals surface area (Å²) in [5, 5.41) is 3.28. The second-order valence-corrected chi connectivity index (χ2v) is 13.6. The second kappa shape index (κ2) is 12.4. The average Bonchev–Trinajstić information content (AvgIpc) is 3.71. The van der Waals surface area contributed by atoms with Gasteiger partial charge in [0.25, 0.3) is 0 Å². The van der Waals surface area contributed by atoms with Gasteiger partial charge in [0.15, 0.2) is 5.75 Å². The molecule has 0 bridgehead atoms. The van der Waals surface area contributed by atoms with Crippen molar-refractivity contribution in [3.63, 3.8) is 0 Å². The Hall–Kier alpha value is -3.31. The Morgan fingerprint density at radius 1 is 1.05 bits per heavy atom. The van der Waals surface area contributed by atoms with Gasteiger partial charge in [0.05, 0.1) is 30.2 Å². The summed E-state index contributed by atoms with van der Waals surface area (Å²) < 4.78 is 23.1. The monoisotopic (exact) mass is 615 g/mol. The number of carbonyl (C=O) groups excluding carboxylic acids is 2. The first kappa shape index (κ1) is 31.1. The lowest BCUT2D eigenvalue weighted by Gasteiger charge is -2.39. The average molecular weight is 616 g/mol. The standard InChI is InChI=1S/C31H42ClN5O6/c1-30(2,3)42-28(38)35-23-15-22(20-16-37(17-20)29(39)43-31(4,5)6)34-25(19-7-8-19)26(23)41-18-21-24(9-10-33-27(21)32)36-11-13-40-14-12-36/h9-10,15,19-20H,7-8,11-14,16-18H2,1-6H3,(H,34,35,38). The number of nitrogens with one attached hydrogen (secondary N) is 1. The van der Waals surface area contributed by atoms with Gasteiger partial charge in [0.1, 0.15) is 23.0 Å². The maximum atomic E-state index is 13.0. The van der Waals surface area contributed by atoms with Crippen molar-refractivity contribution in [2.24, 2.45) is 0 Å². The minimum absolute atomic E-state index is 0.000976. The topological polar surface area (TPSA) is 115 Å². The Kier molecular flexibility index (Phi) is 8.94. The summed E-state index contributed by atoms with van der Waals surface area (Å²) in [6.07, 6.45) is 2.70. The maximum Gasteiger partial charge on any atom is 0.412 e. The molecule has 3 fully saturated rings. The summed E-state index contributed by atoms with van der Waals surface area (Å²) in [6.45, 7) is 14.8. The van der Waals surface area contributed by atoms with Crippen molar-refractivity contribution in [1.29, 1.82) is 0 Å². The molecule has 2 saturated heterocycles. The van der Waals surface area contributed by atoms with Crippen LogP contribution in [0.3, 0.4) is 0 Å². The van der Waals surface area contributed by atoms with Crippen molar-refractivity contribution in [2.75, 3.05) is 49.6 Å². The number of anilines is 2. The summed E-state index contributed by atoms with van der Waals surface area (Å²) in [4.78, 5) is 38.8. The molecule has 0 radical (unpaired) electrons. The molecule has 2 amide bonds. The van der Waals surface area contributed by atoms with Crippen molar-refractivity contribution >= 4 is 35.2 Å². The van der Waals surface area contributed by atoms with Crippen LogP contribution in [0.15, 0.2) is 18.3 Å². The molecule has 5 rings (SSSR count). The van der Waals surface area contributed by atoms with E-state index in [1.54, 1.807) is 11.1 Å². The van der Waals surface area contributed by atoms with Crippen LogP contribution in [0.4, 0.5) is 21.0 Å². The van der Waals surface area contributed by atoms with Crippen LogP contribution in [0.1, 0.15) is 83.2 Å². The Morgan fingerprint density at radius 3 is 2.35 bits per heavy atom. The van der Waals surface area contributed by atoms with E-state index in [-0.39, 0.29) is 24.5 Å². The molecule has 3 aliphatic rings. The van der Waals surface area contributed by atoms with Crippen LogP contribution >= 0.6 is 11.6 Å². The predicted molar refractivity (Wildman–Crippen MR) is 163 cm³/mol. The Balaban J connectivity index is 1.43. The largest absolute Gasteiger partial charge is 0.485 e. The van der Waals surface area contributed by atoms with Crippen molar-refractivity contribution in [3.8, 4) is 5.75 Å². The highest BCUT2D eigenvalue weighted by Crippen LogP contribution is 2.47. The second-order valence-electron chi connectivity index (χ2n) is 13.3. The van der Waals surface area contributed by atoms with Crippen molar-refractivity contribution in [1.82, 2.24) is 14.9 Å². The lowest BCUT2D eigenvalue weighted by Crippen LogP contribution is -2.50. The zero-order valence-corrected chi connectivity index (χ0v) is 26.6. The van der Waals surface area contributed by atoms with Gasteiger partial charge >= 0.3 is 12.2 Å². The minimum atomic E-state index is -0.682. The molecule has 0 unspecified atom stereocenters. The molecular formula is C31H42ClN5O6. The molecule has 43 heavy (non-hydrogen) atoms. The maximum absolute atomic E-state index is 13.0. The van der Waals surface area contributed by atoms with Crippen molar-refractivity contribution in [2.45, 2.75) is 84.0 Å². The summed E-state index contributed by atoms with van der Waals surface area (Å²) >= 11 is 6.60. The van der Waals surface area contributed by atoms with E-state index in [2.05, 4.69) is 15.2 Å². The molecule has 234 valence electrons. The first-order valence-corrected chi connectivity index (χ1v) is 15.3. The highest BCUT2D eigenvalue weighted by molar-refractivity contribution is 6.30. The van der Waals surface area contributed by atoms with Gasteiger partial charge in [-0.1, -0.05) is 11.6 Å². The molecule has 0 spiro atoms. The molecule has 12 heteroatoms. The molecule has 2 aromatic rings. The zero-order chi connectivity index (χ0) is 30.9. The van der Waals surface area contributed by atoms with E-state index < -0.39 is 17.3 Å². The SMILES string of the molecule is CC(C)(C)OC(=O)Nc1cc(C2CN(C(=O)OC(C)(C)C)C2)nc(C2CC2)c1OCc1c(N2CCOCC2)ccnc1Cl. The quantitative estimate of drug-likeness (QED) is 0.369. The Bertz CT molecular complexity index is 1340. The lowest BCUT2D eigenvalue weighted by molar-refractivity contribution is 0.00784. The van der Waals surface area contributed by atoms with Gasteiger partial charge in [0, 0.05) is 55.6 Å². The smallest absolute Gasteiger partial charge is 0.412 e. The number of carbonyl (C=O) groups is 2. The number of morpholine rings is 1. The highest BCUT2D eigenvalue weighted by Gasteiger charge is 2.38. The van der Waals surface area contributed by atoms with Crippen LogP contribution < -0.4 is 15.0 Å². The normalized spacial score (nSPS) is 17.7. The van der Waals surface area contributed by atoms with Gasteiger partial charge < -0.3 is 28.7 Å². The number of ether oxygens (including phenoxy) is 4. The fourth-order valence-corrected chi connectivity index (χ4v) is 5.26. The van der Waals surface area contributed by atoms with Crippen LogP contribution in [-0.4, -0.2) is 77.6 Å². The van der Waals surface area contributed by atoms with Crippen molar-refractivity contribution < 1.29 is 28.5 Å². The molecule has 1 N–H and O–H groups in total. The van der Waals surface area contributed by atoms with Gasteiger partial charge in [0.2, 0.25) is 0 Å². The van der Waals surface area contributed by atoms with E-state index in [1.165, 1.54) is 0 Å². The van der Waals surface area contributed by atoms with Gasteiger partial charge in [-0.05, 0) is 66.5 Å².